The van der Waals surface area contributed by atoms with Gasteiger partial charge in [0.25, 0.3) is 0 Å². The zero-order valence-corrected chi connectivity index (χ0v) is 10.9. The first kappa shape index (κ1) is 12.9. The Labute approximate surface area is 109 Å². The molecule has 3 heteroatoms. The molecule has 1 atom stereocenters. The summed E-state index contributed by atoms with van der Waals surface area (Å²) in [7, 11) is 0. The Morgan fingerprint density at radius 2 is 2.28 bits per heavy atom. The summed E-state index contributed by atoms with van der Waals surface area (Å²) in [5, 5.41) is 2.80. The summed E-state index contributed by atoms with van der Waals surface area (Å²) < 4.78 is 5.51. The highest BCUT2D eigenvalue weighted by Gasteiger charge is 2.22. The number of hydrogen-bond donors (Lipinski definition) is 1. The molecule has 1 aliphatic rings. The molecule has 0 saturated heterocycles. The van der Waals surface area contributed by atoms with Crippen molar-refractivity contribution < 1.29 is 9.53 Å². The van der Waals surface area contributed by atoms with Crippen LogP contribution in [-0.4, -0.2) is 12.6 Å². The maximum Gasteiger partial charge on any atom is 0.407 e. The van der Waals surface area contributed by atoms with Crippen LogP contribution < -0.4 is 5.32 Å². The minimum atomic E-state index is -0.287. The van der Waals surface area contributed by atoms with Gasteiger partial charge in [0.2, 0.25) is 0 Å². The monoisotopic (exact) mass is 247 g/mol. The van der Waals surface area contributed by atoms with Gasteiger partial charge in [-0.15, -0.1) is 0 Å². The largest absolute Gasteiger partial charge is 0.441 e. The van der Waals surface area contributed by atoms with E-state index in [-0.39, 0.29) is 12.2 Å². The molecule has 0 fully saturated rings. The maximum absolute atomic E-state index is 11.7. The van der Waals surface area contributed by atoms with E-state index in [4.69, 9.17) is 4.74 Å². The minimum Gasteiger partial charge on any atom is -0.441 e. The van der Waals surface area contributed by atoms with E-state index in [0.717, 1.165) is 32.1 Å². The number of benzene rings is 1. The van der Waals surface area contributed by atoms with E-state index in [1.165, 1.54) is 11.1 Å². The molecule has 1 amide bonds. The zero-order valence-electron chi connectivity index (χ0n) is 10.9. The molecule has 1 aromatic carbocycles. The summed E-state index contributed by atoms with van der Waals surface area (Å²) >= 11 is 0. The SMILES string of the molecule is CCCCNC(=O)O[C@@H]1CCCc2ccccc21. The van der Waals surface area contributed by atoms with E-state index < -0.39 is 0 Å². The smallest absolute Gasteiger partial charge is 0.407 e. The number of aryl methyl sites for hydroxylation is 1. The first-order valence-electron chi connectivity index (χ1n) is 6.83. The summed E-state index contributed by atoms with van der Waals surface area (Å²) in [4.78, 5) is 11.7. The minimum absolute atomic E-state index is 0.0726. The van der Waals surface area contributed by atoms with Crippen LogP contribution in [0.4, 0.5) is 4.79 Å². The highest BCUT2D eigenvalue weighted by molar-refractivity contribution is 5.67. The van der Waals surface area contributed by atoms with Gasteiger partial charge in [0, 0.05) is 6.54 Å². The van der Waals surface area contributed by atoms with Crippen molar-refractivity contribution in [1.29, 1.82) is 0 Å². The molecule has 0 heterocycles. The topological polar surface area (TPSA) is 38.3 Å². The molecule has 1 aliphatic carbocycles. The molecule has 1 aromatic rings. The molecule has 0 unspecified atom stereocenters. The van der Waals surface area contributed by atoms with E-state index in [1.807, 2.05) is 12.1 Å². The first-order chi connectivity index (χ1) is 8.81. The van der Waals surface area contributed by atoms with Gasteiger partial charge in [0.1, 0.15) is 6.10 Å². The fraction of sp³-hybridized carbons (Fsp3) is 0.533. The lowest BCUT2D eigenvalue weighted by Crippen LogP contribution is -2.28. The Hall–Kier alpha value is -1.51. The third-order valence-electron chi connectivity index (χ3n) is 3.36. The summed E-state index contributed by atoms with van der Waals surface area (Å²) in [6, 6.07) is 8.25. The molecule has 2 rings (SSSR count). The number of alkyl carbamates (subject to hydrolysis) is 1. The van der Waals surface area contributed by atoms with Gasteiger partial charge >= 0.3 is 6.09 Å². The van der Waals surface area contributed by atoms with Crippen molar-refractivity contribution in [3.05, 3.63) is 35.4 Å². The molecule has 0 saturated carbocycles. The molecule has 3 nitrogen and oxygen atoms in total. The van der Waals surface area contributed by atoms with Crippen LogP contribution in [-0.2, 0) is 11.2 Å². The number of carbonyl (C=O) groups excluding carboxylic acids is 1. The molecule has 0 aromatic heterocycles. The summed E-state index contributed by atoms with van der Waals surface area (Å²) in [5.74, 6) is 0. The zero-order chi connectivity index (χ0) is 12.8. The van der Waals surface area contributed by atoms with Gasteiger partial charge in [-0.1, -0.05) is 37.6 Å². The van der Waals surface area contributed by atoms with Crippen LogP contribution in [0.2, 0.25) is 0 Å². The molecule has 0 bridgehead atoms. The predicted molar refractivity (Wildman–Crippen MR) is 71.5 cm³/mol. The Balaban J connectivity index is 1.92. The van der Waals surface area contributed by atoms with Crippen LogP contribution >= 0.6 is 0 Å². The van der Waals surface area contributed by atoms with Gasteiger partial charge in [0.15, 0.2) is 0 Å². The summed E-state index contributed by atoms with van der Waals surface area (Å²) in [6.45, 7) is 2.80. The average Bonchev–Trinajstić information content (AvgIpc) is 2.39. The number of amides is 1. The van der Waals surface area contributed by atoms with Gasteiger partial charge in [-0.05, 0) is 36.8 Å². The Morgan fingerprint density at radius 1 is 1.44 bits per heavy atom. The predicted octanol–water partition coefficient (Wildman–Crippen LogP) is 3.59. The molecule has 0 spiro atoms. The van der Waals surface area contributed by atoms with Gasteiger partial charge < -0.3 is 10.1 Å². The lowest BCUT2D eigenvalue weighted by atomic mass is 9.89. The molecule has 98 valence electrons. The van der Waals surface area contributed by atoms with Crippen molar-refractivity contribution in [1.82, 2.24) is 5.32 Å². The number of nitrogens with one attached hydrogen (secondary N) is 1. The second-order valence-corrected chi connectivity index (χ2v) is 4.77. The Morgan fingerprint density at radius 3 is 3.11 bits per heavy atom. The molecular formula is C15H21NO2. The number of carbonyl (C=O) groups is 1. The van der Waals surface area contributed by atoms with Crippen molar-refractivity contribution in [2.24, 2.45) is 0 Å². The molecule has 0 radical (unpaired) electrons. The number of ether oxygens (including phenoxy) is 1. The summed E-state index contributed by atoms with van der Waals surface area (Å²) in [6.07, 6.45) is 4.82. The fourth-order valence-corrected chi connectivity index (χ4v) is 2.37. The van der Waals surface area contributed by atoms with E-state index >= 15 is 0 Å². The number of hydrogen-bond acceptors (Lipinski definition) is 2. The van der Waals surface area contributed by atoms with E-state index in [1.54, 1.807) is 0 Å². The van der Waals surface area contributed by atoms with Crippen molar-refractivity contribution in [3.8, 4) is 0 Å². The van der Waals surface area contributed by atoms with Gasteiger partial charge in [-0.2, -0.15) is 0 Å². The van der Waals surface area contributed by atoms with Crippen molar-refractivity contribution >= 4 is 6.09 Å². The average molecular weight is 247 g/mol. The quantitative estimate of drug-likeness (QED) is 0.826. The Bertz CT molecular complexity index is 403. The lowest BCUT2D eigenvalue weighted by Gasteiger charge is -2.25. The third-order valence-corrected chi connectivity index (χ3v) is 3.36. The first-order valence-corrected chi connectivity index (χ1v) is 6.83. The van der Waals surface area contributed by atoms with Crippen molar-refractivity contribution in [2.75, 3.05) is 6.54 Å². The van der Waals surface area contributed by atoms with Gasteiger partial charge in [-0.3, -0.25) is 0 Å². The van der Waals surface area contributed by atoms with E-state index in [2.05, 4.69) is 24.4 Å². The van der Waals surface area contributed by atoms with Crippen molar-refractivity contribution in [3.63, 3.8) is 0 Å². The van der Waals surface area contributed by atoms with Crippen LogP contribution in [0.3, 0.4) is 0 Å². The van der Waals surface area contributed by atoms with Gasteiger partial charge in [0.05, 0.1) is 0 Å². The molecular weight excluding hydrogens is 226 g/mol. The van der Waals surface area contributed by atoms with Crippen LogP contribution in [0.25, 0.3) is 0 Å². The molecule has 1 N–H and O–H groups in total. The molecule has 18 heavy (non-hydrogen) atoms. The number of fused-ring (bicyclic) bond motifs is 1. The standard InChI is InChI=1S/C15H21NO2/c1-2-3-11-16-15(17)18-14-10-6-8-12-7-4-5-9-13(12)14/h4-5,7,9,14H,2-3,6,8,10-11H2,1H3,(H,16,17)/t14-/m1/s1. The summed E-state index contributed by atoms with van der Waals surface area (Å²) in [5.41, 5.74) is 2.49. The lowest BCUT2D eigenvalue weighted by molar-refractivity contribution is 0.0874. The van der Waals surface area contributed by atoms with Crippen LogP contribution in [0.5, 0.6) is 0 Å². The third kappa shape index (κ3) is 3.25. The van der Waals surface area contributed by atoms with Crippen LogP contribution in [0.1, 0.15) is 49.8 Å². The fourth-order valence-electron chi connectivity index (χ4n) is 2.37. The Kier molecular flexibility index (Phi) is 4.62. The number of rotatable bonds is 4. The highest BCUT2D eigenvalue weighted by Crippen LogP contribution is 2.32. The van der Waals surface area contributed by atoms with E-state index in [0.29, 0.717) is 6.54 Å². The van der Waals surface area contributed by atoms with Crippen molar-refractivity contribution in [2.45, 2.75) is 45.1 Å². The second kappa shape index (κ2) is 6.43. The van der Waals surface area contributed by atoms with Gasteiger partial charge in [-0.25, -0.2) is 4.79 Å². The van der Waals surface area contributed by atoms with E-state index in [9.17, 15) is 4.79 Å². The van der Waals surface area contributed by atoms with Crippen LogP contribution in [0, 0.1) is 0 Å². The molecule has 0 aliphatic heterocycles. The highest BCUT2D eigenvalue weighted by atomic mass is 16.6. The second-order valence-electron chi connectivity index (χ2n) is 4.77. The number of unbranched alkanes of at least 4 members (excludes halogenated alkanes) is 1. The van der Waals surface area contributed by atoms with Crippen LogP contribution in [0.15, 0.2) is 24.3 Å². The maximum atomic E-state index is 11.7. The normalized spacial score (nSPS) is 17.9.